The van der Waals surface area contributed by atoms with Gasteiger partial charge < -0.3 is 11.5 Å². The summed E-state index contributed by atoms with van der Waals surface area (Å²) in [5, 5.41) is 0.550. The van der Waals surface area contributed by atoms with Crippen molar-refractivity contribution < 1.29 is 0 Å². The molecule has 1 aliphatic rings. The van der Waals surface area contributed by atoms with E-state index in [1.54, 1.807) is 6.08 Å². The summed E-state index contributed by atoms with van der Waals surface area (Å²) in [6.07, 6.45) is 9.02. The van der Waals surface area contributed by atoms with Gasteiger partial charge >= 0.3 is 0 Å². The number of hydrogen-bond donors (Lipinski definition) is 2. The fraction of sp³-hybridized carbons (Fsp3) is 0.636. The standard InChI is InChI=1S/C11H18Cl2N2/c12-10(14)7-9(11(13)15)6-8-4-2-1-3-5-8/h7-8H,1-6,14-15H2/b10-7-,11-9-. The summed E-state index contributed by atoms with van der Waals surface area (Å²) in [5.41, 5.74) is 11.9. The lowest BCUT2D eigenvalue weighted by atomic mass is 9.85. The molecule has 1 aliphatic carbocycles. The first-order valence-corrected chi connectivity index (χ1v) is 6.12. The fourth-order valence-electron chi connectivity index (χ4n) is 2.09. The second-order valence-electron chi connectivity index (χ2n) is 4.11. The molecule has 1 rings (SSSR count). The van der Waals surface area contributed by atoms with E-state index in [-0.39, 0.29) is 5.16 Å². The maximum atomic E-state index is 5.81. The minimum absolute atomic E-state index is 0.240. The van der Waals surface area contributed by atoms with Crippen LogP contribution in [-0.4, -0.2) is 0 Å². The van der Waals surface area contributed by atoms with E-state index in [0.29, 0.717) is 11.1 Å². The van der Waals surface area contributed by atoms with E-state index in [4.69, 9.17) is 34.7 Å². The van der Waals surface area contributed by atoms with Crippen molar-refractivity contribution in [1.82, 2.24) is 0 Å². The fourth-order valence-corrected chi connectivity index (χ4v) is 2.36. The van der Waals surface area contributed by atoms with E-state index >= 15 is 0 Å². The Hall–Kier alpha value is -0.340. The van der Waals surface area contributed by atoms with E-state index in [9.17, 15) is 0 Å². The van der Waals surface area contributed by atoms with Gasteiger partial charge in [-0.15, -0.1) is 0 Å². The summed E-state index contributed by atoms with van der Waals surface area (Å²) in [6.45, 7) is 0. The Morgan fingerprint density at radius 1 is 1.13 bits per heavy atom. The smallest absolute Gasteiger partial charge is 0.102 e. The minimum Gasteiger partial charge on any atom is -0.389 e. The summed E-state index contributed by atoms with van der Waals surface area (Å²) >= 11 is 11.4. The van der Waals surface area contributed by atoms with Crippen molar-refractivity contribution in [2.75, 3.05) is 0 Å². The maximum absolute atomic E-state index is 5.81. The third kappa shape index (κ3) is 4.80. The molecule has 4 N–H and O–H groups in total. The van der Waals surface area contributed by atoms with Gasteiger partial charge in [-0.25, -0.2) is 0 Å². The molecule has 0 unspecified atom stereocenters. The Kier molecular flexibility index (Phi) is 5.34. The van der Waals surface area contributed by atoms with Crippen molar-refractivity contribution in [2.45, 2.75) is 38.5 Å². The summed E-state index contributed by atoms with van der Waals surface area (Å²) in [4.78, 5) is 0. The number of rotatable bonds is 3. The van der Waals surface area contributed by atoms with Crippen molar-refractivity contribution >= 4 is 23.2 Å². The molecule has 0 aromatic carbocycles. The predicted molar refractivity (Wildman–Crippen MR) is 66.4 cm³/mol. The lowest BCUT2D eigenvalue weighted by Gasteiger charge is -2.22. The Labute approximate surface area is 101 Å². The lowest BCUT2D eigenvalue weighted by molar-refractivity contribution is 0.357. The molecule has 1 saturated carbocycles. The quantitative estimate of drug-likeness (QED) is 0.594. The molecule has 0 aromatic heterocycles. The number of nitrogens with two attached hydrogens (primary N) is 2. The van der Waals surface area contributed by atoms with Crippen LogP contribution >= 0.6 is 23.2 Å². The lowest BCUT2D eigenvalue weighted by Crippen LogP contribution is -2.09. The Balaban J connectivity index is 2.59. The van der Waals surface area contributed by atoms with Crippen LogP contribution in [0.3, 0.4) is 0 Å². The average Bonchev–Trinajstić information content (AvgIpc) is 2.17. The molecule has 15 heavy (non-hydrogen) atoms. The van der Waals surface area contributed by atoms with E-state index in [1.807, 2.05) is 0 Å². The highest BCUT2D eigenvalue weighted by atomic mass is 35.5. The zero-order chi connectivity index (χ0) is 11.3. The normalized spacial score (nSPS) is 21.3. The van der Waals surface area contributed by atoms with Crippen LogP contribution in [0.5, 0.6) is 0 Å². The van der Waals surface area contributed by atoms with Gasteiger partial charge in [-0.2, -0.15) is 0 Å². The van der Waals surface area contributed by atoms with Crippen LogP contribution in [0.4, 0.5) is 0 Å². The van der Waals surface area contributed by atoms with Crippen LogP contribution in [-0.2, 0) is 0 Å². The Bertz CT molecular complexity index is 258. The zero-order valence-corrected chi connectivity index (χ0v) is 10.3. The van der Waals surface area contributed by atoms with E-state index < -0.39 is 0 Å². The van der Waals surface area contributed by atoms with Crippen molar-refractivity contribution in [1.29, 1.82) is 0 Å². The number of allylic oxidation sites excluding steroid dienone is 2. The molecule has 0 atom stereocenters. The Morgan fingerprint density at radius 2 is 1.73 bits per heavy atom. The van der Waals surface area contributed by atoms with E-state index in [0.717, 1.165) is 12.0 Å². The summed E-state index contributed by atoms with van der Waals surface area (Å²) in [7, 11) is 0. The van der Waals surface area contributed by atoms with Gasteiger partial charge in [0.25, 0.3) is 0 Å². The maximum Gasteiger partial charge on any atom is 0.102 e. The van der Waals surface area contributed by atoms with E-state index in [2.05, 4.69) is 0 Å². The molecule has 0 bridgehead atoms. The predicted octanol–water partition coefficient (Wildman–Crippen LogP) is 3.40. The molecule has 0 aliphatic heterocycles. The Morgan fingerprint density at radius 3 is 2.20 bits per heavy atom. The van der Waals surface area contributed by atoms with E-state index in [1.165, 1.54) is 32.1 Å². The van der Waals surface area contributed by atoms with Gasteiger partial charge in [-0.05, 0) is 24.0 Å². The van der Waals surface area contributed by atoms with Crippen molar-refractivity contribution in [2.24, 2.45) is 17.4 Å². The molecule has 0 amide bonds. The van der Waals surface area contributed by atoms with Gasteiger partial charge in [0.2, 0.25) is 0 Å². The molecule has 0 saturated heterocycles. The molecule has 2 nitrogen and oxygen atoms in total. The highest BCUT2D eigenvalue weighted by Gasteiger charge is 2.15. The zero-order valence-electron chi connectivity index (χ0n) is 8.81. The summed E-state index contributed by atoms with van der Waals surface area (Å²) < 4.78 is 0. The van der Waals surface area contributed by atoms with Crippen LogP contribution in [0, 0.1) is 5.92 Å². The molecule has 0 radical (unpaired) electrons. The van der Waals surface area contributed by atoms with Crippen LogP contribution in [0.2, 0.25) is 0 Å². The van der Waals surface area contributed by atoms with Gasteiger partial charge in [0.1, 0.15) is 5.16 Å². The van der Waals surface area contributed by atoms with Crippen molar-refractivity contribution in [3.8, 4) is 0 Å². The highest BCUT2D eigenvalue weighted by Crippen LogP contribution is 2.30. The highest BCUT2D eigenvalue weighted by molar-refractivity contribution is 6.30. The third-order valence-electron chi connectivity index (χ3n) is 2.85. The molecule has 1 fully saturated rings. The van der Waals surface area contributed by atoms with Gasteiger partial charge in [0.05, 0.1) is 5.16 Å². The molecule has 0 spiro atoms. The molecular weight excluding hydrogens is 231 g/mol. The van der Waals surface area contributed by atoms with Crippen LogP contribution in [0.1, 0.15) is 38.5 Å². The van der Waals surface area contributed by atoms with Crippen LogP contribution in [0.15, 0.2) is 22.0 Å². The number of halogens is 2. The largest absolute Gasteiger partial charge is 0.389 e. The molecule has 4 heteroatoms. The van der Waals surface area contributed by atoms with Crippen LogP contribution in [0.25, 0.3) is 0 Å². The molecule has 86 valence electrons. The first-order chi connectivity index (χ1) is 7.09. The van der Waals surface area contributed by atoms with Crippen molar-refractivity contribution in [3.63, 3.8) is 0 Å². The van der Waals surface area contributed by atoms with Crippen LogP contribution < -0.4 is 11.5 Å². The minimum atomic E-state index is 0.240. The molecule has 0 heterocycles. The van der Waals surface area contributed by atoms with Crippen molar-refractivity contribution in [3.05, 3.63) is 22.0 Å². The summed E-state index contributed by atoms with van der Waals surface area (Å²) in [5.74, 6) is 0.679. The second-order valence-corrected chi connectivity index (χ2v) is 4.95. The number of hydrogen-bond acceptors (Lipinski definition) is 2. The van der Waals surface area contributed by atoms with Gasteiger partial charge in [0, 0.05) is 0 Å². The first kappa shape index (κ1) is 12.7. The first-order valence-electron chi connectivity index (χ1n) is 5.36. The molecular formula is C11H18Cl2N2. The van der Waals surface area contributed by atoms with Gasteiger partial charge in [0.15, 0.2) is 0 Å². The SMILES string of the molecule is N/C(Cl)=C\C(CC1CCCCC1)=C(/N)Cl. The summed E-state index contributed by atoms with van der Waals surface area (Å²) in [6, 6.07) is 0. The van der Waals surface area contributed by atoms with Gasteiger partial charge in [-0.3, -0.25) is 0 Å². The monoisotopic (exact) mass is 248 g/mol. The average molecular weight is 249 g/mol. The molecule has 0 aromatic rings. The third-order valence-corrected chi connectivity index (χ3v) is 3.20. The topological polar surface area (TPSA) is 52.0 Å². The second kappa shape index (κ2) is 6.29. The van der Waals surface area contributed by atoms with Gasteiger partial charge in [-0.1, -0.05) is 55.3 Å².